The Morgan fingerprint density at radius 2 is 2.38 bits per heavy atom. The van der Waals surface area contributed by atoms with Gasteiger partial charge in [0.2, 0.25) is 0 Å². The van der Waals surface area contributed by atoms with Crippen LogP contribution in [0.5, 0.6) is 0 Å². The highest BCUT2D eigenvalue weighted by Crippen LogP contribution is 2.13. The van der Waals surface area contributed by atoms with Gasteiger partial charge in [0, 0.05) is 13.5 Å². The van der Waals surface area contributed by atoms with E-state index in [2.05, 4.69) is 8.91 Å². The summed E-state index contributed by atoms with van der Waals surface area (Å²) >= 11 is 0. The van der Waals surface area contributed by atoms with Gasteiger partial charge in [0.15, 0.2) is 0 Å². The van der Waals surface area contributed by atoms with E-state index in [4.69, 9.17) is 4.74 Å². The molecule has 0 radical (unpaired) electrons. The molecule has 1 rings (SSSR count). The number of hydrogen-bond acceptors (Lipinski definition) is 4. The van der Waals surface area contributed by atoms with Gasteiger partial charge in [-0.25, -0.2) is 0 Å². The molecule has 0 aromatic rings. The van der Waals surface area contributed by atoms with Crippen molar-refractivity contribution in [2.45, 2.75) is 19.4 Å². The standard InChI is InChI=1S/C7H13NO4S/c1-3-6-7(11-2)4-5-12-13(9,10)8-6/h3,7-8H,4-5H2,1-2H3/b6-3+. The van der Waals surface area contributed by atoms with Gasteiger partial charge in [-0.2, -0.15) is 8.42 Å². The van der Waals surface area contributed by atoms with E-state index in [1.54, 1.807) is 13.0 Å². The van der Waals surface area contributed by atoms with Crippen molar-refractivity contribution in [1.29, 1.82) is 0 Å². The lowest BCUT2D eigenvalue weighted by molar-refractivity contribution is 0.112. The van der Waals surface area contributed by atoms with Crippen molar-refractivity contribution in [3.05, 3.63) is 11.8 Å². The molecule has 0 aromatic carbocycles. The van der Waals surface area contributed by atoms with Crippen molar-refractivity contribution in [3.63, 3.8) is 0 Å². The van der Waals surface area contributed by atoms with E-state index >= 15 is 0 Å². The third-order valence-corrected chi connectivity index (χ3v) is 2.77. The van der Waals surface area contributed by atoms with E-state index in [9.17, 15) is 8.42 Å². The molecular weight excluding hydrogens is 194 g/mol. The Labute approximate surface area is 78.0 Å². The molecule has 13 heavy (non-hydrogen) atoms. The zero-order valence-corrected chi connectivity index (χ0v) is 8.43. The number of ether oxygens (including phenoxy) is 1. The largest absolute Gasteiger partial charge is 0.375 e. The third kappa shape index (κ3) is 2.68. The van der Waals surface area contributed by atoms with Crippen LogP contribution < -0.4 is 4.72 Å². The normalized spacial score (nSPS) is 30.9. The second-order valence-electron chi connectivity index (χ2n) is 2.64. The molecule has 76 valence electrons. The van der Waals surface area contributed by atoms with Crippen molar-refractivity contribution in [3.8, 4) is 0 Å². The van der Waals surface area contributed by atoms with E-state index in [1.807, 2.05) is 0 Å². The van der Waals surface area contributed by atoms with Crippen LogP contribution in [0.4, 0.5) is 0 Å². The zero-order valence-electron chi connectivity index (χ0n) is 7.61. The molecule has 1 aliphatic heterocycles. The average Bonchev–Trinajstić information content (AvgIpc) is 2.22. The maximum Gasteiger partial charge on any atom is 0.359 e. The summed E-state index contributed by atoms with van der Waals surface area (Å²) in [5, 5.41) is 0. The van der Waals surface area contributed by atoms with Gasteiger partial charge in [0.1, 0.15) is 0 Å². The lowest BCUT2D eigenvalue weighted by atomic mass is 10.2. The summed E-state index contributed by atoms with van der Waals surface area (Å²) in [5.74, 6) is 0. The number of methoxy groups -OCH3 is 1. The topological polar surface area (TPSA) is 64.6 Å². The Morgan fingerprint density at radius 3 is 2.92 bits per heavy atom. The van der Waals surface area contributed by atoms with Crippen molar-refractivity contribution in [1.82, 2.24) is 4.72 Å². The molecule has 0 bridgehead atoms. The van der Waals surface area contributed by atoms with Crippen molar-refractivity contribution in [2.75, 3.05) is 13.7 Å². The lowest BCUT2D eigenvalue weighted by Gasteiger charge is -2.14. The predicted molar refractivity (Wildman–Crippen MR) is 47.2 cm³/mol. The Balaban J connectivity index is 2.87. The van der Waals surface area contributed by atoms with Crippen LogP contribution in [0.15, 0.2) is 11.8 Å². The van der Waals surface area contributed by atoms with Gasteiger partial charge in [-0.05, 0) is 6.92 Å². The molecule has 0 aliphatic carbocycles. The van der Waals surface area contributed by atoms with Gasteiger partial charge in [-0.1, -0.05) is 6.08 Å². The Bertz CT molecular complexity index is 296. The van der Waals surface area contributed by atoms with E-state index in [0.717, 1.165) is 0 Å². The van der Waals surface area contributed by atoms with Crippen LogP contribution in [0.25, 0.3) is 0 Å². The second-order valence-corrected chi connectivity index (χ2v) is 3.98. The molecule has 1 fully saturated rings. The van der Waals surface area contributed by atoms with Crippen molar-refractivity contribution in [2.24, 2.45) is 0 Å². The molecule has 6 heteroatoms. The quantitative estimate of drug-likeness (QED) is 0.665. The van der Waals surface area contributed by atoms with Crippen LogP contribution in [0, 0.1) is 0 Å². The summed E-state index contributed by atoms with van der Waals surface area (Å²) in [4.78, 5) is 0. The van der Waals surface area contributed by atoms with E-state index < -0.39 is 10.3 Å². The monoisotopic (exact) mass is 207 g/mol. The molecule has 0 saturated carbocycles. The number of rotatable bonds is 1. The maximum absolute atomic E-state index is 11.1. The number of allylic oxidation sites excluding steroid dienone is 1. The minimum Gasteiger partial charge on any atom is -0.375 e. The first-order chi connectivity index (χ1) is 6.09. The van der Waals surface area contributed by atoms with Gasteiger partial charge in [0.25, 0.3) is 0 Å². The fraction of sp³-hybridized carbons (Fsp3) is 0.714. The van der Waals surface area contributed by atoms with Gasteiger partial charge in [0.05, 0.1) is 18.4 Å². The molecule has 1 atom stereocenters. The van der Waals surface area contributed by atoms with E-state index in [1.165, 1.54) is 7.11 Å². The van der Waals surface area contributed by atoms with Crippen LogP contribution in [0.2, 0.25) is 0 Å². The molecule has 0 aromatic heterocycles. The molecular formula is C7H13NO4S. The molecule has 1 heterocycles. The maximum atomic E-state index is 11.1. The second kappa shape index (κ2) is 4.08. The Kier molecular flexibility index (Phi) is 3.29. The highest BCUT2D eigenvalue weighted by atomic mass is 32.2. The van der Waals surface area contributed by atoms with Gasteiger partial charge < -0.3 is 4.74 Å². The highest BCUT2D eigenvalue weighted by molar-refractivity contribution is 7.84. The van der Waals surface area contributed by atoms with Crippen LogP contribution >= 0.6 is 0 Å². The smallest absolute Gasteiger partial charge is 0.359 e. The molecule has 1 N–H and O–H groups in total. The first kappa shape index (κ1) is 10.5. The first-order valence-electron chi connectivity index (χ1n) is 3.95. The van der Waals surface area contributed by atoms with Crippen LogP contribution in [-0.2, 0) is 19.2 Å². The third-order valence-electron chi connectivity index (χ3n) is 1.80. The van der Waals surface area contributed by atoms with Crippen LogP contribution in [0.1, 0.15) is 13.3 Å². The summed E-state index contributed by atoms with van der Waals surface area (Å²) in [6, 6.07) is 0. The minimum absolute atomic E-state index is 0.144. The number of hydrogen-bond donors (Lipinski definition) is 1. The molecule has 1 aliphatic rings. The summed E-state index contributed by atoms with van der Waals surface area (Å²) in [6.07, 6.45) is 1.96. The highest BCUT2D eigenvalue weighted by Gasteiger charge is 2.24. The van der Waals surface area contributed by atoms with Gasteiger partial charge in [-0.3, -0.25) is 8.91 Å². The SMILES string of the molecule is C/C=C1/NS(=O)(=O)OCCC1OC. The molecule has 1 unspecified atom stereocenters. The van der Waals surface area contributed by atoms with Gasteiger partial charge >= 0.3 is 10.3 Å². The molecule has 0 spiro atoms. The molecule has 0 amide bonds. The van der Waals surface area contributed by atoms with E-state index in [-0.39, 0.29) is 12.7 Å². The number of nitrogens with one attached hydrogen (secondary N) is 1. The van der Waals surface area contributed by atoms with Gasteiger partial charge in [-0.15, -0.1) is 0 Å². The molecule has 5 nitrogen and oxygen atoms in total. The summed E-state index contributed by atoms with van der Waals surface area (Å²) in [6.45, 7) is 1.89. The summed E-state index contributed by atoms with van der Waals surface area (Å²) in [5.41, 5.74) is 0.528. The van der Waals surface area contributed by atoms with Crippen molar-refractivity contribution >= 4 is 10.3 Å². The fourth-order valence-corrected chi connectivity index (χ4v) is 2.06. The zero-order chi connectivity index (χ0) is 9.90. The fourth-order valence-electron chi connectivity index (χ4n) is 1.15. The summed E-state index contributed by atoms with van der Waals surface area (Å²) < 4.78 is 34.1. The molecule has 1 saturated heterocycles. The first-order valence-corrected chi connectivity index (χ1v) is 5.36. The Hall–Kier alpha value is -0.590. The lowest BCUT2D eigenvalue weighted by Crippen LogP contribution is -2.27. The van der Waals surface area contributed by atoms with E-state index in [0.29, 0.717) is 12.1 Å². The van der Waals surface area contributed by atoms with Crippen LogP contribution in [-0.4, -0.2) is 28.2 Å². The van der Waals surface area contributed by atoms with Crippen LogP contribution in [0.3, 0.4) is 0 Å². The summed E-state index contributed by atoms with van der Waals surface area (Å²) in [7, 11) is -2.09. The minimum atomic E-state index is -3.62. The predicted octanol–water partition coefficient (Wildman–Crippen LogP) is 0.160. The van der Waals surface area contributed by atoms with Crippen molar-refractivity contribution < 1.29 is 17.3 Å². The Morgan fingerprint density at radius 1 is 1.69 bits per heavy atom. The average molecular weight is 207 g/mol.